The fourth-order valence-electron chi connectivity index (χ4n) is 4.85. The highest BCUT2D eigenvalue weighted by Crippen LogP contribution is 2.43. The van der Waals surface area contributed by atoms with Crippen molar-refractivity contribution in [3.05, 3.63) is 48.0 Å². The molecule has 0 aromatic heterocycles. The van der Waals surface area contributed by atoms with E-state index in [1.54, 1.807) is 0 Å². The van der Waals surface area contributed by atoms with Gasteiger partial charge in [0.05, 0.1) is 6.42 Å². The van der Waals surface area contributed by atoms with E-state index in [4.69, 9.17) is 4.74 Å². The van der Waals surface area contributed by atoms with Crippen LogP contribution in [0.1, 0.15) is 71.3 Å². The molecule has 2 aliphatic rings. The fourth-order valence-corrected chi connectivity index (χ4v) is 4.85. The van der Waals surface area contributed by atoms with Crippen LogP contribution in [0.5, 0.6) is 0 Å². The molecule has 4 atom stereocenters. The van der Waals surface area contributed by atoms with Crippen LogP contribution < -0.4 is 0 Å². The first-order valence-electron chi connectivity index (χ1n) is 10.4. The Balaban J connectivity index is 1.70. The zero-order valence-corrected chi connectivity index (χ0v) is 16.6. The minimum atomic E-state index is -0.00508. The van der Waals surface area contributed by atoms with Gasteiger partial charge in [0.1, 0.15) is 6.10 Å². The van der Waals surface area contributed by atoms with Gasteiger partial charge in [0.15, 0.2) is 0 Å². The van der Waals surface area contributed by atoms with Crippen LogP contribution in [-0.4, -0.2) is 12.1 Å². The first-order chi connectivity index (χ1) is 12.5. The topological polar surface area (TPSA) is 26.3 Å². The minimum absolute atomic E-state index is 0.00508. The van der Waals surface area contributed by atoms with Gasteiger partial charge < -0.3 is 4.74 Å². The Bertz CT molecular complexity index is 616. The third kappa shape index (κ3) is 4.58. The Morgan fingerprint density at radius 1 is 1.15 bits per heavy atom. The van der Waals surface area contributed by atoms with Crippen LogP contribution in [0.2, 0.25) is 0 Å². The molecule has 0 heterocycles. The summed E-state index contributed by atoms with van der Waals surface area (Å²) in [6.45, 7) is 6.91. The largest absolute Gasteiger partial charge is 0.462 e. The molecule has 2 heteroatoms. The maximum Gasteiger partial charge on any atom is 0.306 e. The molecule has 1 fully saturated rings. The number of benzene rings is 1. The first kappa shape index (κ1) is 19.2. The van der Waals surface area contributed by atoms with Crippen molar-refractivity contribution in [1.29, 1.82) is 0 Å². The van der Waals surface area contributed by atoms with Crippen molar-refractivity contribution in [2.24, 2.45) is 17.8 Å². The Kier molecular flexibility index (Phi) is 6.21. The average molecular weight is 355 g/mol. The van der Waals surface area contributed by atoms with Gasteiger partial charge in [-0.1, -0.05) is 69.7 Å². The summed E-state index contributed by atoms with van der Waals surface area (Å²) in [7, 11) is 0. The van der Waals surface area contributed by atoms with E-state index in [-0.39, 0.29) is 17.5 Å². The van der Waals surface area contributed by atoms with Crippen LogP contribution >= 0.6 is 0 Å². The van der Waals surface area contributed by atoms with Gasteiger partial charge >= 0.3 is 5.97 Å². The first-order valence-corrected chi connectivity index (χ1v) is 10.4. The number of carbonyl (C=O) groups excluding carboxylic acids is 1. The Morgan fingerprint density at radius 3 is 2.62 bits per heavy atom. The lowest BCUT2D eigenvalue weighted by Crippen LogP contribution is -2.43. The second-order valence-electron chi connectivity index (χ2n) is 8.96. The van der Waals surface area contributed by atoms with E-state index in [0.29, 0.717) is 24.2 Å². The normalized spacial score (nSPS) is 29.3. The van der Waals surface area contributed by atoms with E-state index in [2.05, 4.69) is 63.3 Å². The number of rotatable bonds is 5. The molecule has 0 aliphatic heterocycles. The molecule has 0 amide bonds. The summed E-state index contributed by atoms with van der Waals surface area (Å²) in [6.07, 6.45) is 11.8. The molecular formula is C24H34O2. The maximum atomic E-state index is 12.6. The molecule has 0 bridgehead atoms. The highest BCUT2D eigenvalue weighted by atomic mass is 16.5. The molecule has 1 saturated carbocycles. The number of esters is 1. The van der Waals surface area contributed by atoms with Gasteiger partial charge in [-0.3, -0.25) is 4.79 Å². The van der Waals surface area contributed by atoms with E-state index in [0.717, 1.165) is 25.7 Å². The lowest BCUT2D eigenvalue weighted by Gasteiger charge is -2.44. The van der Waals surface area contributed by atoms with Crippen LogP contribution in [0, 0.1) is 17.8 Å². The van der Waals surface area contributed by atoms with Crippen molar-refractivity contribution in [2.75, 3.05) is 0 Å². The minimum Gasteiger partial charge on any atom is -0.462 e. The predicted molar refractivity (Wildman–Crippen MR) is 107 cm³/mol. The molecular weight excluding hydrogens is 320 g/mol. The van der Waals surface area contributed by atoms with Gasteiger partial charge in [0, 0.05) is 5.92 Å². The highest BCUT2D eigenvalue weighted by molar-refractivity contribution is 5.70. The molecule has 0 radical (unpaired) electrons. The second kappa shape index (κ2) is 8.41. The summed E-state index contributed by atoms with van der Waals surface area (Å²) in [5.74, 6) is 1.38. The van der Waals surface area contributed by atoms with Crippen molar-refractivity contribution < 1.29 is 9.53 Å². The van der Waals surface area contributed by atoms with Crippen molar-refractivity contribution in [2.45, 2.75) is 77.2 Å². The molecule has 1 unspecified atom stereocenters. The molecule has 2 nitrogen and oxygen atoms in total. The average Bonchev–Trinajstić information content (AvgIpc) is 2.63. The van der Waals surface area contributed by atoms with Gasteiger partial charge in [-0.2, -0.15) is 0 Å². The van der Waals surface area contributed by atoms with E-state index >= 15 is 0 Å². The number of hydrogen-bond donors (Lipinski definition) is 0. The van der Waals surface area contributed by atoms with Crippen LogP contribution in [0.4, 0.5) is 0 Å². The quantitative estimate of drug-likeness (QED) is 0.474. The van der Waals surface area contributed by atoms with Gasteiger partial charge in [0.2, 0.25) is 0 Å². The highest BCUT2D eigenvalue weighted by Gasteiger charge is 2.42. The van der Waals surface area contributed by atoms with Crippen molar-refractivity contribution >= 4 is 5.97 Å². The van der Waals surface area contributed by atoms with E-state index in [9.17, 15) is 4.79 Å². The molecule has 26 heavy (non-hydrogen) atoms. The zero-order chi connectivity index (χ0) is 18.6. The van der Waals surface area contributed by atoms with Crippen LogP contribution in [0.15, 0.2) is 42.5 Å². The van der Waals surface area contributed by atoms with Gasteiger partial charge in [-0.05, 0) is 54.9 Å². The maximum absolute atomic E-state index is 12.6. The standard InChI is InChI=1S/C24H34O2/c1-18-14-15-21(24(2,3)20-12-8-5-9-13-20)22(16-18)26-23(25)17-19-10-6-4-7-11-19/h5-6,8-10,12-13,18-19,21-22H,4,7,11,14-17H2,1-3H3/t18-,19?,21-,22-/m1/s1. The molecule has 142 valence electrons. The van der Waals surface area contributed by atoms with Crippen molar-refractivity contribution in [3.8, 4) is 0 Å². The van der Waals surface area contributed by atoms with E-state index in [1.807, 2.05) is 0 Å². The van der Waals surface area contributed by atoms with E-state index < -0.39 is 0 Å². The summed E-state index contributed by atoms with van der Waals surface area (Å²) in [4.78, 5) is 12.6. The predicted octanol–water partition coefficient (Wildman–Crippen LogP) is 6.06. The summed E-state index contributed by atoms with van der Waals surface area (Å²) < 4.78 is 6.11. The summed E-state index contributed by atoms with van der Waals surface area (Å²) in [6, 6.07) is 10.7. The number of carbonyl (C=O) groups is 1. The van der Waals surface area contributed by atoms with Gasteiger partial charge in [-0.15, -0.1) is 0 Å². The molecule has 0 N–H and O–H groups in total. The SMILES string of the molecule is C[C@@H]1CC[C@@H](C(C)(C)c2ccccc2)[C@H](OC(=O)CC2C=CCCC2)C1. The fraction of sp³-hybridized carbons (Fsp3) is 0.625. The Labute approximate surface area is 159 Å². The Hall–Kier alpha value is -1.57. The lowest BCUT2D eigenvalue weighted by molar-refractivity contribution is -0.157. The molecule has 0 saturated heterocycles. The van der Waals surface area contributed by atoms with Crippen LogP contribution in [0.3, 0.4) is 0 Å². The molecule has 1 aromatic carbocycles. The second-order valence-corrected chi connectivity index (χ2v) is 8.96. The summed E-state index contributed by atoms with van der Waals surface area (Å²) in [5.41, 5.74) is 1.35. The summed E-state index contributed by atoms with van der Waals surface area (Å²) in [5, 5.41) is 0. The van der Waals surface area contributed by atoms with Crippen LogP contribution in [-0.2, 0) is 14.9 Å². The number of hydrogen-bond acceptors (Lipinski definition) is 2. The zero-order valence-electron chi connectivity index (χ0n) is 16.6. The third-order valence-electron chi connectivity index (χ3n) is 6.56. The van der Waals surface area contributed by atoms with Crippen LogP contribution in [0.25, 0.3) is 0 Å². The van der Waals surface area contributed by atoms with Gasteiger partial charge in [0.25, 0.3) is 0 Å². The van der Waals surface area contributed by atoms with E-state index in [1.165, 1.54) is 18.4 Å². The third-order valence-corrected chi connectivity index (χ3v) is 6.56. The monoisotopic (exact) mass is 354 g/mol. The van der Waals surface area contributed by atoms with Crippen molar-refractivity contribution in [1.82, 2.24) is 0 Å². The molecule has 0 spiro atoms. The molecule has 1 aromatic rings. The van der Waals surface area contributed by atoms with Gasteiger partial charge in [-0.25, -0.2) is 0 Å². The van der Waals surface area contributed by atoms with Crippen molar-refractivity contribution in [3.63, 3.8) is 0 Å². The summed E-state index contributed by atoms with van der Waals surface area (Å²) >= 11 is 0. The lowest BCUT2D eigenvalue weighted by atomic mass is 9.64. The Morgan fingerprint density at radius 2 is 1.92 bits per heavy atom. The number of allylic oxidation sites excluding steroid dienone is 2. The molecule has 2 aliphatic carbocycles. The number of ether oxygens (including phenoxy) is 1. The molecule has 3 rings (SSSR count). The smallest absolute Gasteiger partial charge is 0.306 e.